The molecule has 0 spiro atoms. The predicted octanol–water partition coefficient (Wildman–Crippen LogP) is 1.24. The van der Waals surface area contributed by atoms with Crippen LogP contribution < -0.4 is 5.32 Å². The van der Waals surface area contributed by atoms with Crippen LogP contribution >= 0.6 is 0 Å². The molecule has 108 valence electrons. The molecule has 0 radical (unpaired) electrons. The lowest BCUT2D eigenvalue weighted by Gasteiger charge is -2.15. The Balaban J connectivity index is 2.25. The Morgan fingerprint density at radius 1 is 1.30 bits per heavy atom. The number of sulfonamides is 1. The highest BCUT2D eigenvalue weighted by molar-refractivity contribution is 7.89. The molecule has 0 fully saturated rings. The van der Waals surface area contributed by atoms with Crippen LogP contribution in [0, 0.1) is 6.92 Å². The average Bonchev–Trinajstić information content (AvgIpc) is 2.82. The monoisotopic (exact) mass is 296 g/mol. The fourth-order valence-electron chi connectivity index (χ4n) is 1.62. The summed E-state index contributed by atoms with van der Waals surface area (Å²) in [6.07, 6.45) is 0. The van der Waals surface area contributed by atoms with E-state index in [1.807, 2.05) is 0 Å². The van der Waals surface area contributed by atoms with Crippen molar-refractivity contribution >= 4 is 15.7 Å². The van der Waals surface area contributed by atoms with Crippen molar-refractivity contribution in [1.82, 2.24) is 14.4 Å². The third-order valence-corrected chi connectivity index (χ3v) is 4.53. The zero-order chi connectivity index (χ0) is 14.8. The molecule has 1 N–H and O–H groups in total. The van der Waals surface area contributed by atoms with Crippen LogP contribution in [0.3, 0.4) is 0 Å². The van der Waals surface area contributed by atoms with Gasteiger partial charge in [0.25, 0.3) is 0 Å². The first-order chi connectivity index (χ1) is 9.41. The van der Waals surface area contributed by atoms with E-state index in [4.69, 9.17) is 4.52 Å². The number of anilines is 1. The van der Waals surface area contributed by atoms with Crippen LogP contribution in [-0.4, -0.2) is 37.0 Å². The molecule has 0 saturated heterocycles. The summed E-state index contributed by atoms with van der Waals surface area (Å²) in [6, 6.07) is 6.70. The first-order valence-corrected chi connectivity index (χ1v) is 7.40. The second-order valence-corrected chi connectivity index (χ2v) is 6.49. The summed E-state index contributed by atoms with van der Waals surface area (Å²) in [5.41, 5.74) is 0.503. The fraction of sp³-hybridized carbons (Fsp3) is 0.333. The number of nitrogens with one attached hydrogen (secondary N) is 1. The minimum atomic E-state index is -3.50. The Kier molecular flexibility index (Phi) is 4.05. The Morgan fingerprint density at radius 3 is 2.60 bits per heavy atom. The molecule has 0 bridgehead atoms. The summed E-state index contributed by atoms with van der Waals surface area (Å²) in [6.45, 7) is 1.98. The Hall–Kier alpha value is -1.93. The highest BCUT2D eigenvalue weighted by atomic mass is 32.2. The van der Waals surface area contributed by atoms with Gasteiger partial charge in [0, 0.05) is 21.0 Å². The molecule has 0 aliphatic heterocycles. The van der Waals surface area contributed by atoms with Crippen molar-refractivity contribution in [2.45, 2.75) is 18.4 Å². The van der Waals surface area contributed by atoms with Gasteiger partial charge >= 0.3 is 0 Å². The Bertz CT molecular complexity index is 694. The smallest absolute Gasteiger partial charge is 0.244 e. The Labute approximate surface area is 117 Å². The van der Waals surface area contributed by atoms with Gasteiger partial charge in [-0.3, -0.25) is 0 Å². The maximum Gasteiger partial charge on any atom is 0.244 e. The third kappa shape index (κ3) is 2.97. The van der Waals surface area contributed by atoms with Crippen molar-refractivity contribution in [2.75, 3.05) is 19.4 Å². The second-order valence-electron chi connectivity index (χ2n) is 4.37. The van der Waals surface area contributed by atoms with Gasteiger partial charge in [-0.1, -0.05) is 17.3 Å². The first-order valence-electron chi connectivity index (χ1n) is 5.96. The summed E-state index contributed by atoms with van der Waals surface area (Å²) in [7, 11) is -0.511. The van der Waals surface area contributed by atoms with Crippen molar-refractivity contribution in [3.63, 3.8) is 0 Å². The van der Waals surface area contributed by atoms with Gasteiger partial charge in [0.2, 0.25) is 15.9 Å². The molecule has 0 unspecified atom stereocenters. The lowest BCUT2D eigenvalue weighted by molar-refractivity contribution is 0.388. The van der Waals surface area contributed by atoms with Gasteiger partial charge in [0.05, 0.1) is 12.2 Å². The second kappa shape index (κ2) is 5.59. The fourth-order valence-corrected chi connectivity index (χ4v) is 2.68. The molecule has 1 heterocycles. The molecule has 1 aromatic carbocycles. The molecule has 8 heteroatoms. The van der Waals surface area contributed by atoms with E-state index in [0.29, 0.717) is 17.4 Å². The molecule has 0 aliphatic carbocycles. The largest absolute Gasteiger partial charge is 0.377 e. The average molecular weight is 296 g/mol. The molecule has 0 amide bonds. The highest BCUT2D eigenvalue weighted by Crippen LogP contribution is 2.23. The van der Waals surface area contributed by atoms with E-state index in [1.54, 1.807) is 31.2 Å². The zero-order valence-electron chi connectivity index (χ0n) is 11.5. The third-order valence-electron chi connectivity index (χ3n) is 2.65. The standard InChI is InChI=1S/C12H16N4O3S/c1-9-14-12(15-19-9)8-13-10-6-4-5-7-11(10)20(17,18)16(2)3/h4-7,13H,8H2,1-3H3. The zero-order valence-corrected chi connectivity index (χ0v) is 12.3. The number of hydrogen-bond acceptors (Lipinski definition) is 6. The van der Waals surface area contributed by atoms with Crippen LogP contribution in [0.25, 0.3) is 0 Å². The molecule has 2 rings (SSSR count). The van der Waals surface area contributed by atoms with Gasteiger partial charge < -0.3 is 9.84 Å². The number of para-hydroxylation sites is 1. The molecule has 20 heavy (non-hydrogen) atoms. The van der Waals surface area contributed by atoms with Crippen LogP contribution in [0.15, 0.2) is 33.7 Å². The number of nitrogens with zero attached hydrogens (tertiary/aromatic N) is 3. The van der Waals surface area contributed by atoms with E-state index in [9.17, 15) is 8.42 Å². The summed E-state index contributed by atoms with van der Waals surface area (Å²) >= 11 is 0. The van der Waals surface area contributed by atoms with Crippen LogP contribution in [-0.2, 0) is 16.6 Å². The molecule has 2 aromatic rings. The van der Waals surface area contributed by atoms with Crippen LogP contribution in [0.4, 0.5) is 5.69 Å². The van der Waals surface area contributed by atoms with Crippen molar-refractivity contribution in [2.24, 2.45) is 0 Å². The number of aromatic nitrogens is 2. The SMILES string of the molecule is Cc1nc(CNc2ccccc2S(=O)(=O)N(C)C)no1. The normalized spacial score (nSPS) is 11.8. The maximum absolute atomic E-state index is 12.2. The van der Waals surface area contributed by atoms with Crippen molar-refractivity contribution in [3.05, 3.63) is 36.0 Å². The molecule has 0 atom stereocenters. The molecule has 0 aliphatic rings. The number of aryl methyl sites for hydroxylation is 1. The summed E-state index contributed by atoms with van der Waals surface area (Å²) in [4.78, 5) is 4.27. The van der Waals surface area contributed by atoms with Gasteiger partial charge in [-0.25, -0.2) is 12.7 Å². The molecular weight excluding hydrogens is 280 g/mol. The summed E-state index contributed by atoms with van der Waals surface area (Å²) in [5.74, 6) is 0.940. The van der Waals surface area contributed by atoms with E-state index in [2.05, 4.69) is 15.5 Å². The molecular formula is C12H16N4O3S. The minimum absolute atomic E-state index is 0.213. The summed E-state index contributed by atoms with van der Waals surface area (Å²) < 4.78 is 30.4. The van der Waals surface area contributed by atoms with Crippen LogP contribution in [0.5, 0.6) is 0 Å². The van der Waals surface area contributed by atoms with Crippen LogP contribution in [0.2, 0.25) is 0 Å². The maximum atomic E-state index is 12.2. The number of benzene rings is 1. The Morgan fingerprint density at radius 2 is 2.00 bits per heavy atom. The van der Waals surface area contributed by atoms with E-state index in [1.165, 1.54) is 18.4 Å². The van der Waals surface area contributed by atoms with Crippen molar-refractivity contribution < 1.29 is 12.9 Å². The lowest BCUT2D eigenvalue weighted by atomic mass is 10.3. The summed E-state index contributed by atoms with van der Waals surface area (Å²) in [5, 5.41) is 6.76. The molecule has 7 nitrogen and oxygen atoms in total. The van der Waals surface area contributed by atoms with Gasteiger partial charge in [-0.05, 0) is 12.1 Å². The highest BCUT2D eigenvalue weighted by Gasteiger charge is 2.20. The van der Waals surface area contributed by atoms with E-state index in [-0.39, 0.29) is 11.4 Å². The molecule has 0 saturated carbocycles. The number of rotatable bonds is 5. The minimum Gasteiger partial charge on any atom is -0.377 e. The quantitative estimate of drug-likeness (QED) is 0.893. The van der Waals surface area contributed by atoms with Gasteiger partial charge in [0.15, 0.2) is 5.82 Å². The van der Waals surface area contributed by atoms with Crippen LogP contribution in [0.1, 0.15) is 11.7 Å². The number of hydrogen-bond donors (Lipinski definition) is 1. The first kappa shape index (κ1) is 14.5. The van der Waals surface area contributed by atoms with Gasteiger partial charge in [-0.2, -0.15) is 4.98 Å². The van der Waals surface area contributed by atoms with Gasteiger partial charge in [0.1, 0.15) is 4.90 Å². The van der Waals surface area contributed by atoms with E-state index < -0.39 is 10.0 Å². The van der Waals surface area contributed by atoms with E-state index >= 15 is 0 Å². The van der Waals surface area contributed by atoms with Crippen molar-refractivity contribution in [1.29, 1.82) is 0 Å². The lowest BCUT2D eigenvalue weighted by Crippen LogP contribution is -2.23. The molecule has 1 aromatic heterocycles. The predicted molar refractivity (Wildman–Crippen MR) is 73.7 cm³/mol. The topological polar surface area (TPSA) is 88.3 Å². The van der Waals surface area contributed by atoms with E-state index in [0.717, 1.165) is 0 Å². The van der Waals surface area contributed by atoms with Gasteiger partial charge in [-0.15, -0.1) is 0 Å². The van der Waals surface area contributed by atoms with Crippen molar-refractivity contribution in [3.8, 4) is 0 Å².